The topological polar surface area (TPSA) is 47.9 Å². The summed E-state index contributed by atoms with van der Waals surface area (Å²) in [5, 5.41) is 0. The normalized spacial score (nSPS) is 10.8. The molecule has 0 amide bonds. The second-order valence-corrected chi connectivity index (χ2v) is 3.58. The van der Waals surface area contributed by atoms with Gasteiger partial charge in [0, 0.05) is 11.6 Å². The molecule has 4 nitrogen and oxygen atoms in total. The highest BCUT2D eigenvalue weighted by Crippen LogP contribution is 2.16. The molecule has 0 aliphatic carbocycles. The standard InChI is InChI=1S/C12H11N4/c13-16-11(10-5-2-1-3-6-10)9-15-8-4-7-14-12(15)16/h1-9H,13H2/q+1. The van der Waals surface area contributed by atoms with E-state index in [1.54, 1.807) is 10.9 Å². The highest BCUT2D eigenvalue weighted by Gasteiger charge is 2.15. The van der Waals surface area contributed by atoms with Gasteiger partial charge in [0.1, 0.15) is 12.4 Å². The summed E-state index contributed by atoms with van der Waals surface area (Å²) in [7, 11) is 0. The number of nitrogen functional groups attached to an aromatic ring is 1. The zero-order chi connectivity index (χ0) is 11.0. The number of aromatic nitrogens is 3. The van der Waals surface area contributed by atoms with Gasteiger partial charge in [-0.15, -0.1) is 4.68 Å². The van der Waals surface area contributed by atoms with Gasteiger partial charge in [0.05, 0.1) is 6.20 Å². The molecule has 0 unspecified atom stereocenters. The molecular weight excluding hydrogens is 200 g/mol. The Morgan fingerprint density at radius 2 is 1.94 bits per heavy atom. The molecule has 0 aliphatic rings. The lowest BCUT2D eigenvalue weighted by Crippen LogP contribution is -2.22. The van der Waals surface area contributed by atoms with Crippen LogP contribution < -0.4 is 10.2 Å². The van der Waals surface area contributed by atoms with Crippen molar-refractivity contribution < 1.29 is 4.40 Å². The molecule has 1 aromatic carbocycles. The summed E-state index contributed by atoms with van der Waals surface area (Å²) in [6.07, 6.45) is 5.63. The number of imidazole rings is 1. The van der Waals surface area contributed by atoms with Crippen molar-refractivity contribution in [1.29, 1.82) is 0 Å². The first-order valence-electron chi connectivity index (χ1n) is 5.04. The van der Waals surface area contributed by atoms with Gasteiger partial charge in [0.25, 0.3) is 0 Å². The van der Waals surface area contributed by atoms with Crippen molar-refractivity contribution in [2.75, 3.05) is 5.84 Å². The summed E-state index contributed by atoms with van der Waals surface area (Å²) in [5.74, 6) is 6.73. The molecule has 0 bridgehead atoms. The fourth-order valence-corrected chi connectivity index (χ4v) is 1.79. The predicted octanol–water partition coefficient (Wildman–Crippen LogP) is 1.00. The van der Waals surface area contributed by atoms with Crippen molar-refractivity contribution in [3.8, 4) is 11.3 Å². The third kappa shape index (κ3) is 1.24. The van der Waals surface area contributed by atoms with Crippen LogP contribution in [-0.4, -0.2) is 9.66 Å². The summed E-state index contributed by atoms with van der Waals surface area (Å²) in [6.45, 7) is 0. The Balaban J connectivity index is 2.29. The first kappa shape index (κ1) is 8.91. The lowest BCUT2D eigenvalue weighted by atomic mass is 10.2. The summed E-state index contributed by atoms with van der Waals surface area (Å²) in [4.78, 5) is 4.23. The van der Waals surface area contributed by atoms with Crippen LogP contribution in [0.4, 0.5) is 0 Å². The summed E-state index contributed by atoms with van der Waals surface area (Å²) in [6, 6.07) is 11.9. The molecule has 0 saturated carbocycles. The summed E-state index contributed by atoms with van der Waals surface area (Å²) >= 11 is 0. The van der Waals surface area contributed by atoms with Crippen LogP contribution >= 0.6 is 0 Å². The Hall–Kier alpha value is -2.36. The lowest BCUT2D eigenvalue weighted by Gasteiger charge is -1.95. The fourth-order valence-electron chi connectivity index (χ4n) is 1.79. The van der Waals surface area contributed by atoms with E-state index >= 15 is 0 Å². The van der Waals surface area contributed by atoms with E-state index in [4.69, 9.17) is 5.84 Å². The third-order valence-corrected chi connectivity index (χ3v) is 2.56. The Bertz CT molecular complexity index is 628. The smallest absolute Gasteiger partial charge is 0.289 e. The summed E-state index contributed by atoms with van der Waals surface area (Å²) < 4.78 is 3.50. The monoisotopic (exact) mass is 211 g/mol. The van der Waals surface area contributed by atoms with Gasteiger partial charge in [0.2, 0.25) is 0 Å². The number of nitrogens with two attached hydrogens (primary N) is 1. The number of fused-ring (bicyclic) bond motifs is 1. The van der Waals surface area contributed by atoms with E-state index in [0.717, 1.165) is 17.0 Å². The Morgan fingerprint density at radius 3 is 2.69 bits per heavy atom. The molecular formula is C12H11N4+. The molecule has 16 heavy (non-hydrogen) atoms. The third-order valence-electron chi connectivity index (χ3n) is 2.56. The van der Waals surface area contributed by atoms with E-state index in [0.29, 0.717) is 0 Å². The van der Waals surface area contributed by atoms with Gasteiger partial charge in [-0.2, -0.15) is 0 Å². The highest BCUT2D eigenvalue weighted by atomic mass is 15.4. The predicted molar refractivity (Wildman–Crippen MR) is 61.0 cm³/mol. The molecule has 2 N–H and O–H groups in total. The fraction of sp³-hybridized carbons (Fsp3) is 0. The lowest BCUT2D eigenvalue weighted by molar-refractivity contribution is -0.513. The largest absolute Gasteiger partial charge is 0.425 e. The molecule has 0 saturated heterocycles. The van der Waals surface area contributed by atoms with E-state index in [1.807, 2.05) is 53.2 Å². The zero-order valence-corrected chi connectivity index (χ0v) is 8.62. The Kier molecular flexibility index (Phi) is 1.86. The second-order valence-electron chi connectivity index (χ2n) is 3.58. The van der Waals surface area contributed by atoms with Gasteiger partial charge in [-0.3, -0.25) is 5.84 Å². The average molecular weight is 211 g/mol. The molecule has 4 heteroatoms. The van der Waals surface area contributed by atoms with Gasteiger partial charge >= 0.3 is 5.78 Å². The zero-order valence-electron chi connectivity index (χ0n) is 8.62. The Morgan fingerprint density at radius 1 is 1.12 bits per heavy atom. The molecule has 78 valence electrons. The number of rotatable bonds is 1. The average Bonchev–Trinajstić information content (AvgIpc) is 2.69. The van der Waals surface area contributed by atoms with Crippen LogP contribution in [0.5, 0.6) is 0 Å². The van der Waals surface area contributed by atoms with E-state index in [1.165, 1.54) is 0 Å². The number of benzene rings is 1. The molecule has 3 rings (SSSR count). The maximum Gasteiger partial charge on any atom is 0.425 e. The van der Waals surface area contributed by atoms with Gasteiger partial charge in [-0.05, 0) is 0 Å². The molecule has 2 heterocycles. The molecule has 3 aromatic rings. The second kappa shape index (κ2) is 3.34. The number of hydrogen-bond acceptors (Lipinski definition) is 2. The van der Waals surface area contributed by atoms with E-state index in [9.17, 15) is 0 Å². The van der Waals surface area contributed by atoms with Crippen molar-refractivity contribution in [2.24, 2.45) is 0 Å². The van der Waals surface area contributed by atoms with Gasteiger partial charge in [0.15, 0.2) is 5.69 Å². The van der Waals surface area contributed by atoms with Crippen LogP contribution in [0.3, 0.4) is 0 Å². The van der Waals surface area contributed by atoms with Crippen LogP contribution in [0, 0.1) is 0 Å². The summed E-state index contributed by atoms with van der Waals surface area (Å²) in [5.41, 5.74) is 2.02. The van der Waals surface area contributed by atoms with Crippen LogP contribution in [-0.2, 0) is 0 Å². The minimum Gasteiger partial charge on any atom is -0.289 e. The molecule has 0 spiro atoms. The van der Waals surface area contributed by atoms with Crippen molar-refractivity contribution in [2.45, 2.75) is 0 Å². The minimum atomic E-state index is 0.723. The maximum absolute atomic E-state index is 6.00. The van der Waals surface area contributed by atoms with Gasteiger partial charge < -0.3 is 0 Å². The SMILES string of the molecule is Nn1c(-c2ccccc2)c[n+]2cccnc12. The quantitative estimate of drug-likeness (QED) is 0.482. The van der Waals surface area contributed by atoms with Crippen LogP contribution in [0.15, 0.2) is 55.0 Å². The van der Waals surface area contributed by atoms with Crippen molar-refractivity contribution >= 4 is 5.78 Å². The molecule has 0 aliphatic heterocycles. The molecule has 0 fully saturated rings. The Labute approximate surface area is 92.6 Å². The molecule has 0 atom stereocenters. The van der Waals surface area contributed by atoms with Gasteiger partial charge in [-0.1, -0.05) is 35.3 Å². The molecule has 0 radical (unpaired) electrons. The van der Waals surface area contributed by atoms with E-state index < -0.39 is 0 Å². The minimum absolute atomic E-state index is 0.723. The van der Waals surface area contributed by atoms with Crippen LogP contribution in [0.1, 0.15) is 0 Å². The number of hydrogen-bond donors (Lipinski definition) is 1. The first-order chi connectivity index (χ1) is 7.86. The van der Waals surface area contributed by atoms with Crippen LogP contribution in [0.2, 0.25) is 0 Å². The van der Waals surface area contributed by atoms with Gasteiger partial charge in [-0.25, -0.2) is 4.40 Å². The van der Waals surface area contributed by atoms with Crippen LogP contribution in [0.25, 0.3) is 17.0 Å². The van der Waals surface area contributed by atoms with E-state index in [2.05, 4.69) is 4.98 Å². The maximum atomic E-state index is 6.00. The van der Waals surface area contributed by atoms with Crippen molar-refractivity contribution in [3.05, 3.63) is 55.0 Å². The highest BCUT2D eigenvalue weighted by molar-refractivity contribution is 5.60. The van der Waals surface area contributed by atoms with Crippen molar-refractivity contribution in [1.82, 2.24) is 9.66 Å². The number of nitrogens with zero attached hydrogens (tertiary/aromatic N) is 3. The first-order valence-corrected chi connectivity index (χ1v) is 5.04. The van der Waals surface area contributed by atoms with E-state index in [-0.39, 0.29) is 0 Å². The van der Waals surface area contributed by atoms with Crippen molar-refractivity contribution in [3.63, 3.8) is 0 Å². The molecule has 2 aromatic heterocycles.